The lowest BCUT2D eigenvalue weighted by Gasteiger charge is -2.07. The zero-order valence-electron chi connectivity index (χ0n) is 8.27. The number of hydrogen-bond donors (Lipinski definition) is 2. The van der Waals surface area contributed by atoms with E-state index in [2.05, 4.69) is 0 Å². The Morgan fingerprint density at radius 1 is 1.44 bits per heavy atom. The number of nitrogen functional groups attached to an aromatic ring is 1. The lowest BCUT2D eigenvalue weighted by molar-refractivity contribution is 0.0517. The maximum absolute atomic E-state index is 11.5. The molecule has 0 fully saturated rings. The fourth-order valence-electron chi connectivity index (χ4n) is 1.19. The second kappa shape index (κ2) is 5.37. The Morgan fingerprint density at radius 3 is 2.69 bits per heavy atom. The monoisotopic (exact) mass is 243 g/mol. The van der Waals surface area contributed by atoms with E-state index in [1.54, 1.807) is 0 Å². The van der Waals surface area contributed by atoms with Crippen molar-refractivity contribution in [2.45, 2.75) is 0 Å². The van der Waals surface area contributed by atoms with Crippen LogP contribution in [0.4, 0.5) is 5.69 Å². The first-order valence-corrected chi connectivity index (χ1v) is 4.96. The van der Waals surface area contributed by atoms with Crippen molar-refractivity contribution in [1.29, 1.82) is 0 Å². The molecule has 0 amide bonds. The van der Waals surface area contributed by atoms with Gasteiger partial charge in [-0.15, -0.1) is 11.6 Å². The summed E-state index contributed by atoms with van der Waals surface area (Å²) in [6, 6.07) is 4.23. The van der Waals surface area contributed by atoms with Crippen LogP contribution in [-0.4, -0.2) is 29.5 Å². The Morgan fingerprint density at radius 2 is 2.12 bits per heavy atom. The van der Waals surface area contributed by atoms with Gasteiger partial charge >= 0.3 is 11.9 Å². The Balaban J connectivity index is 3.08. The first-order valence-electron chi connectivity index (χ1n) is 4.42. The van der Waals surface area contributed by atoms with E-state index in [1.807, 2.05) is 0 Å². The van der Waals surface area contributed by atoms with Crippen molar-refractivity contribution >= 4 is 29.2 Å². The minimum atomic E-state index is -1.27. The van der Waals surface area contributed by atoms with E-state index in [0.29, 0.717) is 0 Å². The van der Waals surface area contributed by atoms with E-state index in [-0.39, 0.29) is 29.3 Å². The number of carbonyl (C=O) groups excluding carboxylic acids is 1. The van der Waals surface area contributed by atoms with Crippen LogP contribution in [0.15, 0.2) is 18.2 Å². The summed E-state index contributed by atoms with van der Waals surface area (Å²) in [4.78, 5) is 22.4. The number of halogens is 1. The number of esters is 1. The third kappa shape index (κ3) is 2.64. The van der Waals surface area contributed by atoms with Crippen LogP contribution >= 0.6 is 11.6 Å². The van der Waals surface area contributed by atoms with Gasteiger partial charge in [0, 0.05) is 5.69 Å². The molecule has 0 aromatic heterocycles. The number of rotatable bonds is 4. The molecule has 86 valence electrons. The van der Waals surface area contributed by atoms with Crippen LogP contribution in [0.1, 0.15) is 20.7 Å². The van der Waals surface area contributed by atoms with Crippen molar-refractivity contribution in [3.63, 3.8) is 0 Å². The molecule has 1 aromatic carbocycles. The smallest absolute Gasteiger partial charge is 0.339 e. The van der Waals surface area contributed by atoms with Crippen LogP contribution < -0.4 is 5.73 Å². The third-order valence-electron chi connectivity index (χ3n) is 1.84. The fourth-order valence-corrected chi connectivity index (χ4v) is 1.27. The quantitative estimate of drug-likeness (QED) is 0.473. The molecule has 0 unspecified atom stereocenters. The van der Waals surface area contributed by atoms with Gasteiger partial charge in [-0.05, 0) is 12.1 Å². The summed E-state index contributed by atoms with van der Waals surface area (Å²) in [5, 5.41) is 8.91. The van der Waals surface area contributed by atoms with Crippen molar-refractivity contribution in [3.05, 3.63) is 29.3 Å². The highest BCUT2D eigenvalue weighted by Crippen LogP contribution is 2.18. The molecule has 1 rings (SSSR count). The van der Waals surface area contributed by atoms with Gasteiger partial charge in [0.15, 0.2) is 0 Å². The number of aromatic carboxylic acids is 1. The van der Waals surface area contributed by atoms with Crippen molar-refractivity contribution in [1.82, 2.24) is 0 Å². The normalized spacial score (nSPS) is 9.81. The molecule has 0 heterocycles. The fraction of sp³-hybridized carbons (Fsp3) is 0.200. The number of carbonyl (C=O) groups is 2. The standard InChI is InChI=1S/C10H10ClNO4/c11-4-5-16-10(15)6-2-1-3-7(12)8(6)9(13)14/h1-3H,4-5,12H2,(H,13,14). The van der Waals surface area contributed by atoms with Gasteiger partial charge in [0.25, 0.3) is 0 Å². The number of carboxylic acid groups (broad SMARTS) is 1. The molecule has 0 radical (unpaired) electrons. The van der Waals surface area contributed by atoms with Crippen LogP contribution in [0, 0.1) is 0 Å². The van der Waals surface area contributed by atoms with Gasteiger partial charge in [0.2, 0.25) is 0 Å². The molecule has 5 nitrogen and oxygen atoms in total. The summed E-state index contributed by atoms with van der Waals surface area (Å²) in [6.07, 6.45) is 0. The zero-order valence-corrected chi connectivity index (χ0v) is 9.03. The molecular weight excluding hydrogens is 234 g/mol. The summed E-state index contributed by atoms with van der Waals surface area (Å²) >= 11 is 5.35. The lowest BCUT2D eigenvalue weighted by Crippen LogP contribution is -2.14. The zero-order chi connectivity index (χ0) is 12.1. The maximum atomic E-state index is 11.5. The Hall–Kier alpha value is -1.75. The van der Waals surface area contributed by atoms with Gasteiger partial charge in [0.1, 0.15) is 6.61 Å². The van der Waals surface area contributed by atoms with Crippen LogP contribution in [0.3, 0.4) is 0 Å². The average Bonchev–Trinajstić information content (AvgIpc) is 2.24. The first kappa shape index (κ1) is 12.3. The number of ether oxygens (including phenoxy) is 1. The highest BCUT2D eigenvalue weighted by atomic mass is 35.5. The van der Waals surface area contributed by atoms with Crippen LogP contribution in [-0.2, 0) is 4.74 Å². The van der Waals surface area contributed by atoms with E-state index in [9.17, 15) is 9.59 Å². The minimum absolute atomic E-state index is 0.0211. The number of benzene rings is 1. The van der Waals surface area contributed by atoms with E-state index in [1.165, 1.54) is 18.2 Å². The summed E-state index contributed by atoms with van der Waals surface area (Å²) in [6.45, 7) is 0.0221. The highest BCUT2D eigenvalue weighted by Gasteiger charge is 2.19. The van der Waals surface area contributed by atoms with Crippen LogP contribution in [0.25, 0.3) is 0 Å². The SMILES string of the molecule is Nc1cccc(C(=O)OCCCl)c1C(=O)O. The molecule has 0 saturated carbocycles. The van der Waals surface area contributed by atoms with Gasteiger partial charge in [-0.3, -0.25) is 0 Å². The van der Waals surface area contributed by atoms with Crippen molar-refractivity contribution in [3.8, 4) is 0 Å². The molecule has 0 atom stereocenters. The summed E-state index contributed by atoms with van der Waals surface area (Å²) in [7, 11) is 0. The predicted molar refractivity (Wildman–Crippen MR) is 58.8 cm³/mol. The molecule has 0 aliphatic heterocycles. The number of nitrogens with two attached hydrogens (primary N) is 1. The Kier molecular flexibility index (Phi) is 4.13. The van der Waals surface area contributed by atoms with Gasteiger partial charge < -0.3 is 15.6 Å². The van der Waals surface area contributed by atoms with Crippen LogP contribution in [0.2, 0.25) is 0 Å². The van der Waals surface area contributed by atoms with Crippen molar-refractivity contribution < 1.29 is 19.4 Å². The molecule has 0 saturated heterocycles. The van der Waals surface area contributed by atoms with E-state index < -0.39 is 11.9 Å². The summed E-state index contributed by atoms with van der Waals surface area (Å²) < 4.78 is 4.73. The average molecular weight is 244 g/mol. The number of alkyl halides is 1. The van der Waals surface area contributed by atoms with Crippen molar-refractivity contribution in [2.24, 2.45) is 0 Å². The van der Waals surface area contributed by atoms with Crippen molar-refractivity contribution in [2.75, 3.05) is 18.2 Å². The number of hydrogen-bond acceptors (Lipinski definition) is 4. The van der Waals surface area contributed by atoms with E-state index >= 15 is 0 Å². The minimum Gasteiger partial charge on any atom is -0.478 e. The molecular formula is C10H10ClNO4. The van der Waals surface area contributed by atoms with Gasteiger partial charge in [-0.1, -0.05) is 6.07 Å². The van der Waals surface area contributed by atoms with E-state index in [4.69, 9.17) is 27.2 Å². The molecule has 3 N–H and O–H groups in total. The maximum Gasteiger partial charge on any atom is 0.339 e. The van der Waals surface area contributed by atoms with Gasteiger partial charge in [-0.2, -0.15) is 0 Å². The second-order valence-corrected chi connectivity index (χ2v) is 3.28. The van der Waals surface area contributed by atoms with Gasteiger partial charge in [0.05, 0.1) is 17.0 Å². The Bertz CT molecular complexity index is 419. The first-order chi connectivity index (χ1) is 7.57. The molecule has 0 aliphatic carbocycles. The molecule has 0 spiro atoms. The molecule has 1 aromatic rings. The Labute approximate surface area is 96.8 Å². The number of carboxylic acids is 1. The molecule has 0 aliphatic rings. The van der Waals surface area contributed by atoms with Crippen LogP contribution in [0.5, 0.6) is 0 Å². The topological polar surface area (TPSA) is 89.6 Å². The molecule has 6 heteroatoms. The number of anilines is 1. The second-order valence-electron chi connectivity index (χ2n) is 2.90. The highest BCUT2D eigenvalue weighted by molar-refractivity contribution is 6.18. The lowest BCUT2D eigenvalue weighted by atomic mass is 10.1. The largest absolute Gasteiger partial charge is 0.478 e. The summed E-state index contributed by atoms with van der Waals surface area (Å²) in [5.41, 5.74) is 5.18. The van der Waals surface area contributed by atoms with Gasteiger partial charge in [-0.25, -0.2) is 9.59 Å². The third-order valence-corrected chi connectivity index (χ3v) is 2.00. The predicted octanol–water partition coefficient (Wildman–Crippen LogP) is 1.36. The van der Waals surface area contributed by atoms with E-state index in [0.717, 1.165) is 0 Å². The summed E-state index contributed by atoms with van der Waals surface area (Å²) in [5.74, 6) is -1.86. The molecule has 16 heavy (non-hydrogen) atoms. The molecule has 0 bridgehead atoms.